The van der Waals surface area contributed by atoms with Crippen LogP contribution in [0.3, 0.4) is 0 Å². The Morgan fingerprint density at radius 3 is 2.10 bits per heavy atom. The van der Waals surface area contributed by atoms with Crippen LogP contribution in [0.5, 0.6) is 0 Å². The van der Waals surface area contributed by atoms with Crippen molar-refractivity contribution in [1.82, 2.24) is 0 Å². The second kappa shape index (κ2) is 7.25. The SMILES string of the molecule is COCc1ccc(CNc2c(Br)cc(C)cc2Br)cc1. The van der Waals surface area contributed by atoms with Gasteiger partial charge < -0.3 is 10.1 Å². The number of aryl methyl sites for hydroxylation is 1. The van der Waals surface area contributed by atoms with Gasteiger partial charge in [0, 0.05) is 22.6 Å². The standard InChI is InChI=1S/C16H17Br2NO/c1-11-7-14(17)16(15(18)8-11)19-9-12-3-5-13(6-4-12)10-20-2/h3-8,19H,9-10H2,1-2H3. The highest BCUT2D eigenvalue weighted by Gasteiger charge is 2.05. The number of hydrogen-bond donors (Lipinski definition) is 1. The van der Waals surface area contributed by atoms with E-state index in [1.54, 1.807) is 7.11 Å². The van der Waals surface area contributed by atoms with Gasteiger partial charge in [0.1, 0.15) is 0 Å². The first-order valence-electron chi connectivity index (χ1n) is 6.36. The summed E-state index contributed by atoms with van der Waals surface area (Å²) in [5.74, 6) is 0. The number of benzene rings is 2. The highest BCUT2D eigenvalue weighted by atomic mass is 79.9. The van der Waals surface area contributed by atoms with E-state index in [1.165, 1.54) is 16.7 Å². The molecular weight excluding hydrogens is 382 g/mol. The summed E-state index contributed by atoms with van der Waals surface area (Å²) in [6.45, 7) is 3.52. The molecule has 106 valence electrons. The maximum atomic E-state index is 5.11. The summed E-state index contributed by atoms with van der Waals surface area (Å²) in [5, 5.41) is 3.45. The van der Waals surface area contributed by atoms with E-state index in [0.29, 0.717) is 6.61 Å². The van der Waals surface area contributed by atoms with Crippen LogP contribution >= 0.6 is 31.9 Å². The number of ether oxygens (including phenoxy) is 1. The maximum Gasteiger partial charge on any atom is 0.0713 e. The van der Waals surface area contributed by atoms with Crippen LogP contribution < -0.4 is 5.32 Å². The van der Waals surface area contributed by atoms with Gasteiger partial charge in [-0.15, -0.1) is 0 Å². The van der Waals surface area contributed by atoms with Crippen LogP contribution in [0.15, 0.2) is 45.3 Å². The van der Waals surface area contributed by atoms with Crippen molar-refractivity contribution in [3.05, 3.63) is 62.0 Å². The Morgan fingerprint density at radius 1 is 1.00 bits per heavy atom. The van der Waals surface area contributed by atoms with Crippen molar-refractivity contribution >= 4 is 37.5 Å². The number of halogens is 2. The first-order chi connectivity index (χ1) is 9.60. The normalized spacial score (nSPS) is 10.6. The molecule has 4 heteroatoms. The number of anilines is 1. The van der Waals surface area contributed by atoms with Crippen molar-refractivity contribution in [2.24, 2.45) is 0 Å². The molecule has 0 saturated carbocycles. The van der Waals surface area contributed by atoms with Gasteiger partial charge in [0.25, 0.3) is 0 Å². The Bertz CT molecular complexity index is 559. The van der Waals surface area contributed by atoms with Gasteiger partial charge in [0.2, 0.25) is 0 Å². The van der Waals surface area contributed by atoms with Crippen LogP contribution in [0.4, 0.5) is 5.69 Å². The van der Waals surface area contributed by atoms with Gasteiger partial charge >= 0.3 is 0 Å². The van der Waals surface area contributed by atoms with Crippen molar-refractivity contribution < 1.29 is 4.74 Å². The molecule has 2 rings (SSSR count). The lowest BCUT2D eigenvalue weighted by molar-refractivity contribution is 0.185. The molecule has 1 N–H and O–H groups in total. The maximum absolute atomic E-state index is 5.11. The zero-order valence-corrected chi connectivity index (χ0v) is 14.7. The van der Waals surface area contributed by atoms with Gasteiger partial charge in [-0.3, -0.25) is 0 Å². The molecule has 0 aliphatic carbocycles. The van der Waals surface area contributed by atoms with E-state index in [2.05, 4.69) is 80.5 Å². The second-order valence-electron chi connectivity index (χ2n) is 4.71. The lowest BCUT2D eigenvalue weighted by Crippen LogP contribution is -2.01. The summed E-state index contributed by atoms with van der Waals surface area (Å²) >= 11 is 7.19. The third kappa shape index (κ3) is 4.08. The third-order valence-electron chi connectivity index (χ3n) is 2.99. The lowest BCUT2D eigenvalue weighted by Gasteiger charge is -2.12. The fourth-order valence-corrected chi connectivity index (χ4v) is 3.67. The van der Waals surface area contributed by atoms with Crippen LogP contribution in [-0.4, -0.2) is 7.11 Å². The van der Waals surface area contributed by atoms with Crippen molar-refractivity contribution in [2.45, 2.75) is 20.1 Å². The van der Waals surface area contributed by atoms with E-state index in [0.717, 1.165) is 21.2 Å². The Morgan fingerprint density at radius 2 is 1.55 bits per heavy atom. The monoisotopic (exact) mass is 397 g/mol. The molecule has 0 atom stereocenters. The molecule has 2 nitrogen and oxygen atoms in total. The zero-order chi connectivity index (χ0) is 14.5. The molecule has 0 bridgehead atoms. The number of nitrogens with one attached hydrogen (secondary N) is 1. The summed E-state index contributed by atoms with van der Waals surface area (Å²) in [5.41, 5.74) is 4.73. The Kier molecular flexibility index (Phi) is 5.64. The van der Waals surface area contributed by atoms with Crippen LogP contribution in [-0.2, 0) is 17.9 Å². The largest absolute Gasteiger partial charge is 0.380 e. The zero-order valence-electron chi connectivity index (χ0n) is 11.5. The third-order valence-corrected chi connectivity index (χ3v) is 4.24. The van der Waals surface area contributed by atoms with Crippen molar-refractivity contribution in [3.63, 3.8) is 0 Å². The molecule has 0 aliphatic heterocycles. The molecule has 0 amide bonds. The van der Waals surface area contributed by atoms with Gasteiger partial charge in [-0.2, -0.15) is 0 Å². The molecule has 0 unspecified atom stereocenters. The molecule has 0 aliphatic rings. The summed E-state index contributed by atoms with van der Waals surface area (Å²) < 4.78 is 7.25. The average Bonchev–Trinajstić information content (AvgIpc) is 2.39. The van der Waals surface area contributed by atoms with Gasteiger partial charge in [-0.05, 0) is 67.6 Å². The number of methoxy groups -OCH3 is 1. The molecule has 2 aromatic carbocycles. The summed E-state index contributed by atoms with van der Waals surface area (Å²) in [6.07, 6.45) is 0. The first kappa shape index (κ1) is 15.5. The Hall–Kier alpha value is -0.840. The van der Waals surface area contributed by atoms with Gasteiger partial charge in [0.15, 0.2) is 0 Å². The molecule has 0 aromatic heterocycles. The van der Waals surface area contributed by atoms with E-state index in [-0.39, 0.29) is 0 Å². The van der Waals surface area contributed by atoms with Crippen molar-refractivity contribution in [3.8, 4) is 0 Å². The minimum absolute atomic E-state index is 0.656. The average molecular weight is 399 g/mol. The van der Waals surface area contributed by atoms with Crippen LogP contribution in [0.1, 0.15) is 16.7 Å². The molecule has 0 fully saturated rings. The highest BCUT2D eigenvalue weighted by Crippen LogP contribution is 2.32. The van der Waals surface area contributed by atoms with E-state index >= 15 is 0 Å². The van der Waals surface area contributed by atoms with E-state index in [9.17, 15) is 0 Å². The smallest absolute Gasteiger partial charge is 0.0713 e. The first-order valence-corrected chi connectivity index (χ1v) is 7.95. The topological polar surface area (TPSA) is 21.3 Å². The Labute approximate surface area is 136 Å². The van der Waals surface area contributed by atoms with Crippen molar-refractivity contribution in [2.75, 3.05) is 12.4 Å². The summed E-state index contributed by atoms with van der Waals surface area (Å²) in [7, 11) is 1.71. The number of rotatable bonds is 5. The van der Waals surface area contributed by atoms with Crippen LogP contribution in [0.25, 0.3) is 0 Å². The summed E-state index contributed by atoms with van der Waals surface area (Å²) in [4.78, 5) is 0. The fraction of sp³-hybridized carbons (Fsp3) is 0.250. The molecule has 0 radical (unpaired) electrons. The predicted octanol–water partition coefficient (Wildman–Crippen LogP) is 5.28. The second-order valence-corrected chi connectivity index (χ2v) is 6.42. The molecule has 0 heterocycles. The Balaban J connectivity index is 2.05. The van der Waals surface area contributed by atoms with E-state index < -0.39 is 0 Å². The molecule has 0 saturated heterocycles. The predicted molar refractivity (Wildman–Crippen MR) is 91.1 cm³/mol. The molecule has 20 heavy (non-hydrogen) atoms. The molecule has 0 spiro atoms. The lowest BCUT2D eigenvalue weighted by atomic mass is 10.1. The van der Waals surface area contributed by atoms with E-state index in [1.807, 2.05) is 0 Å². The minimum atomic E-state index is 0.656. The van der Waals surface area contributed by atoms with Gasteiger partial charge in [-0.1, -0.05) is 24.3 Å². The van der Waals surface area contributed by atoms with Crippen LogP contribution in [0.2, 0.25) is 0 Å². The fourth-order valence-electron chi connectivity index (χ4n) is 1.98. The molecule has 2 aromatic rings. The van der Waals surface area contributed by atoms with Gasteiger partial charge in [-0.25, -0.2) is 0 Å². The quantitative estimate of drug-likeness (QED) is 0.739. The molecular formula is C16H17Br2NO. The van der Waals surface area contributed by atoms with Crippen LogP contribution in [0, 0.1) is 6.92 Å². The minimum Gasteiger partial charge on any atom is -0.380 e. The van der Waals surface area contributed by atoms with Crippen molar-refractivity contribution in [1.29, 1.82) is 0 Å². The van der Waals surface area contributed by atoms with E-state index in [4.69, 9.17) is 4.74 Å². The number of hydrogen-bond acceptors (Lipinski definition) is 2. The summed E-state index contributed by atoms with van der Waals surface area (Å²) in [6, 6.07) is 12.7. The highest BCUT2D eigenvalue weighted by molar-refractivity contribution is 9.11. The van der Waals surface area contributed by atoms with Gasteiger partial charge in [0.05, 0.1) is 12.3 Å².